The molecule has 0 atom stereocenters. The molecule has 14 heavy (non-hydrogen) atoms. The summed E-state index contributed by atoms with van der Waals surface area (Å²) in [5.41, 5.74) is 2.68. The largest absolute Gasteiger partial charge is 0.358 e. The van der Waals surface area contributed by atoms with Crippen LogP contribution in [-0.4, -0.2) is 4.98 Å². The van der Waals surface area contributed by atoms with Crippen LogP contribution in [0.15, 0.2) is 28.7 Å². The van der Waals surface area contributed by atoms with Crippen LogP contribution in [0.5, 0.6) is 0 Å². The summed E-state index contributed by atoms with van der Waals surface area (Å²) >= 11 is 3.48. The Morgan fingerprint density at radius 2 is 1.86 bits per heavy atom. The van der Waals surface area contributed by atoms with Crippen molar-refractivity contribution in [3.05, 3.63) is 34.4 Å². The molecule has 0 saturated heterocycles. The molecule has 1 aromatic heterocycles. The summed E-state index contributed by atoms with van der Waals surface area (Å²) in [5, 5.41) is 1.27. The van der Waals surface area contributed by atoms with Gasteiger partial charge in [0.2, 0.25) is 0 Å². The Hall–Kier alpha value is -0.760. The molecule has 1 nitrogen and oxygen atoms in total. The van der Waals surface area contributed by atoms with Gasteiger partial charge in [0.05, 0.1) is 0 Å². The number of benzene rings is 1. The quantitative estimate of drug-likeness (QED) is 0.722. The first-order valence-electron chi connectivity index (χ1n) is 4.75. The van der Waals surface area contributed by atoms with Crippen molar-refractivity contribution < 1.29 is 0 Å². The molecule has 0 aliphatic heterocycles. The van der Waals surface area contributed by atoms with Gasteiger partial charge in [-0.25, -0.2) is 0 Å². The van der Waals surface area contributed by atoms with Gasteiger partial charge in [-0.2, -0.15) is 0 Å². The van der Waals surface area contributed by atoms with Crippen molar-refractivity contribution in [3.63, 3.8) is 0 Å². The van der Waals surface area contributed by atoms with E-state index in [-0.39, 0.29) is 5.41 Å². The van der Waals surface area contributed by atoms with Crippen molar-refractivity contribution >= 4 is 26.8 Å². The lowest BCUT2D eigenvalue weighted by Gasteiger charge is -2.15. The van der Waals surface area contributed by atoms with Crippen LogP contribution in [0, 0.1) is 0 Å². The lowest BCUT2D eigenvalue weighted by Crippen LogP contribution is -2.10. The minimum Gasteiger partial charge on any atom is -0.358 e. The van der Waals surface area contributed by atoms with Gasteiger partial charge in [-0.1, -0.05) is 36.7 Å². The van der Waals surface area contributed by atoms with E-state index in [2.05, 4.69) is 66.0 Å². The summed E-state index contributed by atoms with van der Waals surface area (Å²) in [6, 6.07) is 8.53. The van der Waals surface area contributed by atoms with Crippen molar-refractivity contribution in [1.82, 2.24) is 4.98 Å². The standard InChI is InChI=1S/C12H14BrN/c1-12(2,3)11-7-8-6-9(13)4-5-10(8)14-11/h4-7,14H,1-3H3. The molecule has 0 aliphatic carbocycles. The second-order valence-electron chi connectivity index (χ2n) is 4.66. The maximum Gasteiger partial charge on any atom is 0.0457 e. The Balaban J connectivity index is 2.63. The summed E-state index contributed by atoms with van der Waals surface area (Å²) in [5.74, 6) is 0. The third-order valence-corrected chi connectivity index (χ3v) is 2.88. The average molecular weight is 252 g/mol. The van der Waals surface area contributed by atoms with Crippen molar-refractivity contribution in [3.8, 4) is 0 Å². The fourth-order valence-corrected chi connectivity index (χ4v) is 1.89. The van der Waals surface area contributed by atoms with Gasteiger partial charge in [0.25, 0.3) is 0 Å². The lowest BCUT2D eigenvalue weighted by molar-refractivity contribution is 0.574. The first-order chi connectivity index (χ1) is 6.47. The van der Waals surface area contributed by atoms with Crippen LogP contribution < -0.4 is 0 Å². The fraction of sp³-hybridized carbons (Fsp3) is 0.333. The lowest BCUT2D eigenvalue weighted by atomic mass is 9.92. The Kier molecular flexibility index (Phi) is 2.18. The number of hydrogen-bond donors (Lipinski definition) is 1. The molecule has 0 bridgehead atoms. The van der Waals surface area contributed by atoms with Gasteiger partial charge in [0, 0.05) is 26.5 Å². The highest BCUT2D eigenvalue weighted by atomic mass is 79.9. The number of H-pyrrole nitrogens is 1. The molecule has 2 heteroatoms. The number of rotatable bonds is 0. The summed E-state index contributed by atoms with van der Waals surface area (Å²) in [7, 11) is 0. The second kappa shape index (κ2) is 3.13. The molecule has 0 amide bonds. The van der Waals surface area contributed by atoms with E-state index in [4.69, 9.17) is 0 Å². The topological polar surface area (TPSA) is 15.8 Å². The Morgan fingerprint density at radius 3 is 2.50 bits per heavy atom. The van der Waals surface area contributed by atoms with E-state index in [0.29, 0.717) is 0 Å². The molecular weight excluding hydrogens is 238 g/mol. The Labute approximate surface area is 92.6 Å². The van der Waals surface area contributed by atoms with E-state index in [0.717, 1.165) is 4.47 Å². The van der Waals surface area contributed by atoms with Gasteiger partial charge in [0.15, 0.2) is 0 Å². The van der Waals surface area contributed by atoms with Gasteiger partial charge in [-0.3, -0.25) is 0 Å². The van der Waals surface area contributed by atoms with E-state index in [1.807, 2.05) is 0 Å². The molecule has 0 saturated carbocycles. The first kappa shape index (κ1) is 9.78. The maximum atomic E-state index is 3.48. The van der Waals surface area contributed by atoms with Crippen LogP contribution >= 0.6 is 15.9 Å². The monoisotopic (exact) mass is 251 g/mol. The van der Waals surface area contributed by atoms with Crippen LogP contribution in [0.2, 0.25) is 0 Å². The zero-order chi connectivity index (χ0) is 10.3. The number of hydrogen-bond acceptors (Lipinski definition) is 0. The van der Waals surface area contributed by atoms with Gasteiger partial charge in [0.1, 0.15) is 0 Å². The Bertz CT molecular complexity index is 463. The molecule has 2 rings (SSSR count). The molecule has 1 aromatic carbocycles. The van der Waals surface area contributed by atoms with E-state index < -0.39 is 0 Å². The normalized spacial score (nSPS) is 12.3. The average Bonchev–Trinajstić information content (AvgIpc) is 2.45. The zero-order valence-electron chi connectivity index (χ0n) is 8.69. The third kappa shape index (κ3) is 1.71. The summed E-state index contributed by atoms with van der Waals surface area (Å²) in [6.45, 7) is 6.65. The van der Waals surface area contributed by atoms with Gasteiger partial charge >= 0.3 is 0 Å². The number of fused-ring (bicyclic) bond motifs is 1. The molecule has 74 valence electrons. The Morgan fingerprint density at radius 1 is 1.14 bits per heavy atom. The van der Waals surface area contributed by atoms with E-state index in [1.54, 1.807) is 0 Å². The second-order valence-corrected chi connectivity index (χ2v) is 5.58. The van der Waals surface area contributed by atoms with Crippen LogP contribution in [0.25, 0.3) is 10.9 Å². The van der Waals surface area contributed by atoms with Crippen LogP contribution in [0.4, 0.5) is 0 Å². The third-order valence-electron chi connectivity index (χ3n) is 2.39. The van der Waals surface area contributed by atoms with E-state index >= 15 is 0 Å². The van der Waals surface area contributed by atoms with Gasteiger partial charge in [-0.15, -0.1) is 0 Å². The molecule has 0 unspecified atom stereocenters. The summed E-state index contributed by atoms with van der Waals surface area (Å²) in [6.07, 6.45) is 0. The molecular formula is C12H14BrN. The molecule has 1 heterocycles. The highest BCUT2D eigenvalue weighted by Crippen LogP contribution is 2.27. The minimum atomic E-state index is 0.186. The predicted octanol–water partition coefficient (Wildman–Crippen LogP) is 4.23. The van der Waals surface area contributed by atoms with Crippen molar-refractivity contribution in [2.75, 3.05) is 0 Å². The fourth-order valence-electron chi connectivity index (χ4n) is 1.51. The molecule has 0 radical (unpaired) electrons. The number of aromatic amines is 1. The highest BCUT2D eigenvalue weighted by molar-refractivity contribution is 9.10. The predicted molar refractivity (Wildman–Crippen MR) is 64.7 cm³/mol. The molecule has 2 aromatic rings. The molecule has 0 spiro atoms. The molecule has 0 fully saturated rings. The first-order valence-corrected chi connectivity index (χ1v) is 5.55. The van der Waals surface area contributed by atoms with Gasteiger partial charge in [-0.05, 0) is 24.3 Å². The summed E-state index contributed by atoms with van der Waals surface area (Å²) < 4.78 is 1.13. The summed E-state index contributed by atoms with van der Waals surface area (Å²) in [4.78, 5) is 3.44. The van der Waals surface area contributed by atoms with Crippen LogP contribution in [0.3, 0.4) is 0 Å². The number of aromatic nitrogens is 1. The number of nitrogens with one attached hydrogen (secondary N) is 1. The SMILES string of the molecule is CC(C)(C)c1cc2cc(Br)ccc2[nH]1. The maximum absolute atomic E-state index is 3.48. The van der Waals surface area contributed by atoms with Crippen molar-refractivity contribution in [1.29, 1.82) is 0 Å². The van der Waals surface area contributed by atoms with E-state index in [9.17, 15) is 0 Å². The smallest absolute Gasteiger partial charge is 0.0457 e. The van der Waals surface area contributed by atoms with Crippen LogP contribution in [0.1, 0.15) is 26.5 Å². The van der Waals surface area contributed by atoms with Gasteiger partial charge < -0.3 is 4.98 Å². The molecule has 1 N–H and O–H groups in total. The zero-order valence-corrected chi connectivity index (χ0v) is 10.3. The highest BCUT2D eigenvalue weighted by Gasteiger charge is 2.15. The van der Waals surface area contributed by atoms with Crippen LogP contribution in [-0.2, 0) is 5.41 Å². The van der Waals surface area contributed by atoms with Crippen molar-refractivity contribution in [2.45, 2.75) is 26.2 Å². The van der Waals surface area contributed by atoms with E-state index in [1.165, 1.54) is 16.6 Å². The minimum absolute atomic E-state index is 0.186. The molecule has 0 aliphatic rings. The number of halogens is 1. The van der Waals surface area contributed by atoms with Crippen molar-refractivity contribution in [2.24, 2.45) is 0 Å².